The SMILES string of the molecule is CCSNCCc1ccc(C2=CCC(N)CC2)cc1. The van der Waals surface area contributed by atoms with Crippen LogP contribution in [-0.2, 0) is 6.42 Å². The summed E-state index contributed by atoms with van der Waals surface area (Å²) >= 11 is 1.78. The summed E-state index contributed by atoms with van der Waals surface area (Å²) in [6.45, 7) is 3.20. The van der Waals surface area contributed by atoms with Crippen molar-refractivity contribution in [3.63, 3.8) is 0 Å². The summed E-state index contributed by atoms with van der Waals surface area (Å²) in [6.07, 6.45) is 6.66. The molecule has 2 nitrogen and oxygen atoms in total. The van der Waals surface area contributed by atoms with E-state index in [1.165, 1.54) is 16.7 Å². The maximum Gasteiger partial charge on any atom is 0.00990 e. The summed E-state index contributed by atoms with van der Waals surface area (Å²) in [5.41, 5.74) is 10.2. The third-order valence-electron chi connectivity index (χ3n) is 3.54. The fourth-order valence-corrected chi connectivity index (χ4v) is 2.82. The molecule has 0 radical (unpaired) electrons. The predicted molar refractivity (Wildman–Crippen MR) is 86.1 cm³/mol. The standard InChI is InChI=1S/C16H24N2S/c1-2-19-18-12-11-13-3-5-14(6-4-13)15-7-9-16(17)10-8-15/h3-7,16,18H,2,8-12,17H2,1H3. The Kier molecular flexibility index (Phi) is 5.95. The first-order valence-corrected chi connectivity index (χ1v) is 8.16. The molecule has 1 aliphatic carbocycles. The average molecular weight is 276 g/mol. The molecule has 3 N–H and O–H groups in total. The lowest BCUT2D eigenvalue weighted by molar-refractivity contribution is 0.614. The van der Waals surface area contributed by atoms with Crippen molar-refractivity contribution in [1.29, 1.82) is 0 Å². The van der Waals surface area contributed by atoms with Crippen LogP contribution in [0.4, 0.5) is 0 Å². The van der Waals surface area contributed by atoms with Crippen LogP contribution >= 0.6 is 11.9 Å². The van der Waals surface area contributed by atoms with E-state index in [1.807, 2.05) is 0 Å². The molecule has 0 saturated heterocycles. The van der Waals surface area contributed by atoms with Crippen molar-refractivity contribution in [3.8, 4) is 0 Å². The van der Waals surface area contributed by atoms with Gasteiger partial charge in [0.1, 0.15) is 0 Å². The smallest absolute Gasteiger partial charge is 0.00990 e. The lowest BCUT2D eigenvalue weighted by atomic mass is 9.91. The van der Waals surface area contributed by atoms with Gasteiger partial charge in [0, 0.05) is 18.3 Å². The zero-order valence-electron chi connectivity index (χ0n) is 11.7. The summed E-state index contributed by atoms with van der Waals surface area (Å²) < 4.78 is 3.36. The van der Waals surface area contributed by atoms with Gasteiger partial charge in [-0.25, -0.2) is 0 Å². The maximum absolute atomic E-state index is 5.93. The Hall–Kier alpha value is -0.770. The Bertz CT molecular complexity index is 411. The van der Waals surface area contributed by atoms with Gasteiger partial charge in [0.05, 0.1) is 0 Å². The highest BCUT2D eigenvalue weighted by atomic mass is 32.2. The number of nitrogens with one attached hydrogen (secondary N) is 1. The number of benzene rings is 1. The highest BCUT2D eigenvalue weighted by Gasteiger charge is 2.11. The second-order valence-electron chi connectivity index (χ2n) is 5.04. The molecule has 3 heteroatoms. The molecular formula is C16H24N2S. The molecule has 0 amide bonds. The number of allylic oxidation sites excluding steroid dienone is 1. The zero-order chi connectivity index (χ0) is 13.5. The van der Waals surface area contributed by atoms with Crippen LogP contribution in [0.15, 0.2) is 30.3 Å². The minimum absolute atomic E-state index is 0.366. The second-order valence-corrected chi connectivity index (χ2v) is 6.19. The van der Waals surface area contributed by atoms with Crippen molar-refractivity contribution in [2.45, 2.75) is 38.6 Å². The van der Waals surface area contributed by atoms with Gasteiger partial charge < -0.3 is 5.73 Å². The lowest BCUT2D eigenvalue weighted by Crippen LogP contribution is -2.21. The van der Waals surface area contributed by atoms with Crippen molar-refractivity contribution >= 4 is 17.5 Å². The number of rotatable bonds is 6. The first kappa shape index (κ1) is 14.6. The molecule has 19 heavy (non-hydrogen) atoms. The van der Waals surface area contributed by atoms with E-state index < -0.39 is 0 Å². The van der Waals surface area contributed by atoms with E-state index in [-0.39, 0.29) is 0 Å². The van der Waals surface area contributed by atoms with Gasteiger partial charge in [-0.1, -0.05) is 49.2 Å². The Balaban J connectivity index is 1.87. The number of hydrogen-bond donors (Lipinski definition) is 2. The first-order chi connectivity index (χ1) is 9.29. The topological polar surface area (TPSA) is 38.0 Å². The van der Waals surface area contributed by atoms with Gasteiger partial charge in [-0.05, 0) is 42.4 Å². The molecule has 1 aliphatic rings. The van der Waals surface area contributed by atoms with E-state index >= 15 is 0 Å². The van der Waals surface area contributed by atoms with Crippen LogP contribution in [0.3, 0.4) is 0 Å². The summed E-state index contributed by atoms with van der Waals surface area (Å²) in [7, 11) is 0. The van der Waals surface area contributed by atoms with Crippen LogP contribution in [0.1, 0.15) is 37.3 Å². The van der Waals surface area contributed by atoms with Crippen molar-refractivity contribution in [3.05, 3.63) is 41.5 Å². The summed E-state index contributed by atoms with van der Waals surface area (Å²) in [5, 5.41) is 0. The van der Waals surface area contributed by atoms with Gasteiger partial charge in [-0.15, -0.1) is 0 Å². The molecule has 1 aromatic rings. The van der Waals surface area contributed by atoms with E-state index in [1.54, 1.807) is 11.9 Å². The molecule has 0 saturated carbocycles. The van der Waals surface area contributed by atoms with Gasteiger partial charge >= 0.3 is 0 Å². The van der Waals surface area contributed by atoms with Gasteiger partial charge in [0.25, 0.3) is 0 Å². The largest absolute Gasteiger partial charge is 0.327 e. The summed E-state index contributed by atoms with van der Waals surface area (Å²) in [5.74, 6) is 1.12. The van der Waals surface area contributed by atoms with Crippen LogP contribution in [-0.4, -0.2) is 18.3 Å². The van der Waals surface area contributed by atoms with Crippen molar-refractivity contribution in [1.82, 2.24) is 4.72 Å². The van der Waals surface area contributed by atoms with Crippen LogP contribution in [0, 0.1) is 0 Å². The zero-order valence-corrected chi connectivity index (χ0v) is 12.5. The summed E-state index contributed by atoms with van der Waals surface area (Å²) in [4.78, 5) is 0. The Morgan fingerprint density at radius 2 is 2.11 bits per heavy atom. The lowest BCUT2D eigenvalue weighted by Gasteiger charge is -2.18. The van der Waals surface area contributed by atoms with E-state index in [4.69, 9.17) is 5.73 Å². The highest BCUT2D eigenvalue weighted by Crippen LogP contribution is 2.26. The summed E-state index contributed by atoms with van der Waals surface area (Å²) in [6, 6.07) is 9.38. The molecule has 0 fully saturated rings. The normalized spacial score (nSPS) is 19.3. The van der Waals surface area contributed by atoms with Gasteiger partial charge in [0.2, 0.25) is 0 Å². The molecular weight excluding hydrogens is 252 g/mol. The van der Waals surface area contributed by atoms with E-state index in [0.717, 1.165) is 38.0 Å². The predicted octanol–water partition coefficient (Wildman–Crippen LogP) is 3.38. The molecule has 2 rings (SSSR count). The minimum Gasteiger partial charge on any atom is -0.327 e. The Morgan fingerprint density at radius 1 is 1.32 bits per heavy atom. The van der Waals surface area contributed by atoms with Crippen LogP contribution in [0.5, 0.6) is 0 Å². The number of hydrogen-bond acceptors (Lipinski definition) is 3. The van der Waals surface area contributed by atoms with E-state index in [9.17, 15) is 0 Å². The molecule has 1 atom stereocenters. The Morgan fingerprint density at radius 3 is 2.74 bits per heavy atom. The highest BCUT2D eigenvalue weighted by molar-refractivity contribution is 7.97. The number of nitrogens with two attached hydrogens (primary N) is 1. The van der Waals surface area contributed by atoms with E-state index in [0.29, 0.717) is 6.04 Å². The molecule has 0 bridgehead atoms. The molecule has 0 aromatic heterocycles. The van der Waals surface area contributed by atoms with Crippen molar-refractivity contribution in [2.75, 3.05) is 12.3 Å². The third-order valence-corrected chi connectivity index (χ3v) is 4.24. The Labute approximate surface area is 121 Å². The fourth-order valence-electron chi connectivity index (χ4n) is 2.37. The van der Waals surface area contributed by atoms with Crippen molar-refractivity contribution in [2.24, 2.45) is 5.73 Å². The quantitative estimate of drug-likeness (QED) is 0.618. The fraction of sp³-hybridized carbons (Fsp3) is 0.500. The molecule has 0 heterocycles. The van der Waals surface area contributed by atoms with Crippen LogP contribution < -0.4 is 10.5 Å². The van der Waals surface area contributed by atoms with Gasteiger partial charge in [0.15, 0.2) is 0 Å². The van der Waals surface area contributed by atoms with E-state index in [2.05, 4.69) is 42.0 Å². The monoisotopic (exact) mass is 276 g/mol. The van der Waals surface area contributed by atoms with Gasteiger partial charge in [-0.3, -0.25) is 4.72 Å². The van der Waals surface area contributed by atoms with Crippen LogP contribution in [0.2, 0.25) is 0 Å². The first-order valence-electron chi connectivity index (χ1n) is 7.18. The molecule has 0 spiro atoms. The molecule has 104 valence electrons. The minimum atomic E-state index is 0.366. The average Bonchev–Trinajstić information content (AvgIpc) is 2.45. The second kappa shape index (κ2) is 7.73. The van der Waals surface area contributed by atoms with Crippen LogP contribution in [0.25, 0.3) is 5.57 Å². The van der Waals surface area contributed by atoms with Gasteiger partial charge in [-0.2, -0.15) is 0 Å². The third kappa shape index (κ3) is 4.68. The molecule has 1 unspecified atom stereocenters. The van der Waals surface area contributed by atoms with Crippen molar-refractivity contribution < 1.29 is 0 Å². The molecule has 1 aromatic carbocycles. The molecule has 0 aliphatic heterocycles. The maximum atomic E-state index is 5.93.